The number of rotatable bonds is 3. The SMILES string of the molecule is Cc1cc(CCl)cc(Oc2ccccc2I)n1. The molecule has 0 N–H and O–H groups in total. The Morgan fingerprint density at radius 1 is 1.29 bits per heavy atom. The molecule has 0 amide bonds. The highest BCUT2D eigenvalue weighted by atomic mass is 127. The first kappa shape index (κ1) is 12.6. The van der Waals surface area contributed by atoms with Crippen molar-refractivity contribution in [1.82, 2.24) is 4.98 Å². The summed E-state index contributed by atoms with van der Waals surface area (Å²) in [6.07, 6.45) is 0. The summed E-state index contributed by atoms with van der Waals surface area (Å²) in [5.74, 6) is 1.86. The van der Waals surface area contributed by atoms with E-state index in [4.69, 9.17) is 16.3 Å². The van der Waals surface area contributed by atoms with E-state index in [9.17, 15) is 0 Å². The standard InChI is InChI=1S/C13H11ClINO/c1-9-6-10(8-14)7-13(16-9)17-12-5-3-2-4-11(12)15/h2-7H,8H2,1H3. The average molecular weight is 360 g/mol. The highest BCUT2D eigenvalue weighted by Gasteiger charge is 2.04. The average Bonchev–Trinajstić information content (AvgIpc) is 2.31. The fraction of sp³-hybridized carbons (Fsp3) is 0.154. The third-order valence-electron chi connectivity index (χ3n) is 2.20. The number of aryl methyl sites for hydroxylation is 1. The van der Waals surface area contributed by atoms with Crippen molar-refractivity contribution in [2.45, 2.75) is 12.8 Å². The number of nitrogens with zero attached hydrogens (tertiary/aromatic N) is 1. The Kier molecular flexibility index (Phi) is 4.23. The van der Waals surface area contributed by atoms with Gasteiger partial charge in [0.25, 0.3) is 0 Å². The van der Waals surface area contributed by atoms with E-state index in [1.165, 1.54) is 0 Å². The molecule has 0 saturated heterocycles. The second-order valence-electron chi connectivity index (χ2n) is 3.62. The first-order valence-electron chi connectivity index (χ1n) is 5.15. The van der Waals surface area contributed by atoms with E-state index in [-0.39, 0.29) is 0 Å². The molecular formula is C13H11ClINO. The van der Waals surface area contributed by atoms with Crippen LogP contribution in [0.4, 0.5) is 0 Å². The molecule has 0 saturated carbocycles. The lowest BCUT2D eigenvalue weighted by Gasteiger charge is -2.08. The molecule has 88 valence electrons. The molecule has 0 unspecified atom stereocenters. The van der Waals surface area contributed by atoms with Gasteiger partial charge >= 0.3 is 0 Å². The third-order valence-corrected chi connectivity index (χ3v) is 3.39. The summed E-state index contributed by atoms with van der Waals surface area (Å²) < 4.78 is 6.81. The highest BCUT2D eigenvalue weighted by Crippen LogP contribution is 2.26. The van der Waals surface area contributed by atoms with Crippen LogP contribution >= 0.6 is 34.2 Å². The Balaban J connectivity index is 2.30. The van der Waals surface area contributed by atoms with E-state index in [2.05, 4.69) is 27.6 Å². The zero-order valence-corrected chi connectivity index (χ0v) is 12.2. The van der Waals surface area contributed by atoms with Crippen molar-refractivity contribution in [3.63, 3.8) is 0 Å². The minimum Gasteiger partial charge on any atom is -0.438 e. The number of hydrogen-bond donors (Lipinski definition) is 0. The summed E-state index contributed by atoms with van der Waals surface area (Å²) in [5.41, 5.74) is 1.92. The zero-order chi connectivity index (χ0) is 12.3. The Morgan fingerprint density at radius 2 is 2.06 bits per heavy atom. The van der Waals surface area contributed by atoms with Gasteiger partial charge in [-0.1, -0.05) is 12.1 Å². The van der Waals surface area contributed by atoms with E-state index >= 15 is 0 Å². The largest absolute Gasteiger partial charge is 0.438 e. The molecule has 2 aromatic rings. The van der Waals surface area contributed by atoms with E-state index in [1.807, 2.05) is 43.3 Å². The van der Waals surface area contributed by atoms with Crippen molar-refractivity contribution < 1.29 is 4.74 Å². The number of aromatic nitrogens is 1. The Labute approximate surface area is 119 Å². The van der Waals surface area contributed by atoms with Crippen LogP contribution in [0, 0.1) is 10.5 Å². The minimum absolute atomic E-state index is 0.464. The van der Waals surface area contributed by atoms with Gasteiger partial charge in [0.2, 0.25) is 5.88 Å². The van der Waals surface area contributed by atoms with Crippen molar-refractivity contribution in [1.29, 1.82) is 0 Å². The molecule has 0 spiro atoms. The predicted molar refractivity (Wildman–Crippen MR) is 77.8 cm³/mol. The van der Waals surface area contributed by atoms with Gasteiger partial charge in [-0.3, -0.25) is 0 Å². The summed E-state index contributed by atoms with van der Waals surface area (Å²) in [6, 6.07) is 11.7. The number of pyridine rings is 1. The lowest BCUT2D eigenvalue weighted by Crippen LogP contribution is -1.93. The Hall–Kier alpha value is -0.810. The molecule has 0 aliphatic rings. The summed E-state index contributed by atoms with van der Waals surface area (Å²) in [7, 11) is 0. The van der Waals surface area contributed by atoms with Crippen LogP contribution in [0.3, 0.4) is 0 Å². The van der Waals surface area contributed by atoms with Crippen molar-refractivity contribution in [3.05, 3.63) is 51.2 Å². The molecule has 0 aliphatic carbocycles. The van der Waals surface area contributed by atoms with Gasteiger partial charge in [-0.25, -0.2) is 4.98 Å². The first-order chi connectivity index (χ1) is 8.19. The molecule has 1 heterocycles. The van der Waals surface area contributed by atoms with E-state index in [1.54, 1.807) is 0 Å². The van der Waals surface area contributed by atoms with Gasteiger partial charge in [0.1, 0.15) is 5.75 Å². The lowest BCUT2D eigenvalue weighted by molar-refractivity contribution is 0.458. The van der Waals surface area contributed by atoms with Gasteiger partial charge in [-0.15, -0.1) is 11.6 Å². The zero-order valence-electron chi connectivity index (χ0n) is 9.28. The van der Waals surface area contributed by atoms with E-state index in [0.29, 0.717) is 11.8 Å². The first-order valence-corrected chi connectivity index (χ1v) is 6.76. The smallest absolute Gasteiger partial charge is 0.219 e. The number of benzene rings is 1. The molecule has 1 aromatic heterocycles. The maximum absolute atomic E-state index is 5.82. The maximum Gasteiger partial charge on any atom is 0.219 e. The molecule has 0 bridgehead atoms. The normalized spacial score (nSPS) is 10.3. The van der Waals surface area contributed by atoms with Gasteiger partial charge < -0.3 is 4.74 Å². The molecule has 0 aliphatic heterocycles. The summed E-state index contributed by atoms with van der Waals surface area (Å²) >= 11 is 8.06. The molecule has 1 aromatic carbocycles. The Bertz CT molecular complexity index is 531. The molecule has 0 fully saturated rings. The van der Waals surface area contributed by atoms with Crippen LogP contribution in [0.1, 0.15) is 11.3 Å². The monoisotopic (exact) mass is 359 g/mol. The van der Waals surface area contributed by atoms with Crippen LogP contribution < -0.4 is 4.74 Å². The second kappa shape index (κ2) is 5.69. The minimum atomic E-state index is 0.464. The summed E-state index contributed by atoms with van der Waals surface area (Å²) in [4.78, 5) is 4.33. The molecule has 2 nitrogen and oxygen atoms in total. The molecule has 17 heavy (non-hydrogen) atoms. The third kappa shape index (κ3) is 3.33. The molecular weight excluding hydrogens is 349 g/mol. The van der Waals surface area contributed by atoms with E-state index in [0.717, 1.165) is 20.6 Å². The molecule has 0 atom stereocenters. The Morgan fingerprint density at radius 3 is 2.76 bits per heavy atom. The van der Waals surface area contributed by atoms with Gasteiger partial charge in [-0.2, -0.15) is 0 Å². The number of ether oxygens (including phenoxy) is 1. The maximum atomic E-state index is 5.82. The van der Waals surface area contributed by atoms with Crippen LogP contribution in [-0.2, 0) is 5.88 Å². The number of hydrogen-bond acceptors (Lipinski definition) is 2. The van der Waals surface area contributed by atoms with Crippen LogP contribution in [0.5, 0.6) is 11.6 Å². The number of alkyl halides is 1. The highest BCUT2D eigenvalue weighted by molar-refractivity contribution is 14.1. The molecule has 4 heteroatoms. The quantitative estimate of drug-likeness (QED) is 0.593. The van der Waals surface area contributed by atoms with Gasteiger partial charge in [0.05, 0.1) is 3.57 Å². The van der Waals surface area contributed by atoms with Crippen molar-refractivity contribution in [2.24, 2.45) is 0 Å². The topological polar surface area (TPSA) is 22.1 Å². The predicted octanol–water partition coefficient (Wildman–Crippen LogP) is 4.53. The van der Waals surface area contributed by atoms with Crippen LogP contribution in [0.25, 0.3) is 0 Å². The summed E-state index contributed by atoms with van der Waals surface area (Å²) in [6.45, 7) is 1.93. The number of halogens is 2. The molecule has 2 rings (SSSR count). The second-order valence-corrected chi connectivity index (χ2v) is 5.05. The van der Waals surface area contributed by atoms with Crippen LogP contribution in [-0.4, -0.2) is 4.98 Å². The number of para-hydroxylation sites is 1. The van der Waals surface area contributed by atoms with Crippen molar-refractivity contribution >= 4 is 34.2 Å². The summed E-state index contributed by atoms with van der Waals surface area (Å²) in [5, 5.41) is 0. The van der Waals surface area contributed by atoms with Crippen molar-refractivity contribution in [2.75, 3.05) is 0 Å². The van der Waals surface area contributed by atoms with Gasteiger partial charge in [-0.05, 0) is 53.3 Å². The van der Waals surface area contributed by atoms with Crippen molar-refractivity contribution in [3.8, 4) is 11.6 Å². The van der Waals surface area contributed by atoms with Crippen LogP contribution in [0.15, 0.2) is 36.4 Å². The fourth-order valence-corrected chi connectivity index (χ4v) is 2.13. The molecule has 0 radical (unpaired) electrons. The fourth-order valence-electron chi connectivity index (χ4n) is 1.48. The van der Waals surface area contributed by atoms with Crippen LogP contribution in [0.2, 0.25) is 0 Å². The van der Waals surface area contributed by atoms with E-state index < -0.39 is 0 Å². The van der Waals surface area contributed by atoms with Gasteiger partial charge in [0.15, 0.2) is 0 Å². The lowest BCUT2D eigenvalue weighted by atomic mass is 10.2. The van der Waals surface area contributed by atoms with Gasteiger partial charge in [0, 0.05) is 17.6 Å².